The third-order valence-electron chi connectivity index (χ3n) is 3.21. The summed E-state index contributed by atoms with van der Waals surface area (Å²) in [5.74, 6) is 0. The highest BCUT2D eigenvalue weighted by atomic mass is 32.2. The largest absolute Gasteiger partial charge is 0.399 e. The van der Waals surface area contributed by atoms with Gasteiger partial charge >= 0.3 is 0 Å². The molecule has 0 fully saturated rings. The maximum absolute atomic E-state index is 12.5. The summed E-state index contributed by atoms with van der Waals surface area (Å²) in [4.78, 5) is 5.56. The second-order valence-corrected chi connectivity index (χ2v) is 7.56. The zero-order valence-corrected chi connectivity index (χ0v) is 13.9. The van der Waals surface area contributed by atoms with Crippen molar-refractivity contribution >= 4 is 32.2 Å². The first-order valence-corrected chi connectivity index (χ1v) is 9.04. The summed E-state index contributed by atoms with van der Waals surface area (Å²) < 4.78 is 27.6. The van der Waals surface area contributed by atoms with Crippen LogP contribution < -0.4 is 10.5 Å². The molecule has 1 aromatic carbocycles. The molecule has 21 heavy (non-hydrogen) atoms. The van der Waals surface area contributed by atoms with Crippen LogP contribution in [0.3, 0.4) is 0 Å². The standard InChI is InChI=1S/C14H19N3O2S2/c1-4-10-6-7-11(15)8-13(10)21(18,19)17-14-16-12(5-2)9(3)20-14/h6-8H,4-5,15H2,1-3H3,(H,16,17). The lowest BCUT2D eigenvalue weighted by atomic mass is 10.1. The number of sulfonamides is 1. The number of thiazole rings is 1. The molecule has 0 bridgehead atoms. The Morgan fingerprint density at radius 3 is 2.57 bits per heavy atom. The molecule has 0 atom stereocenters. The molecule has 3 N–H and O–H groups in total. The molecule has 0 aliphatic rings. The topological polar surface area (TPSA) is 85.1 Å². The normalized spacial score (nSPS) is 11.6. The van der Waals surface area contributed by atoms with Gasteiger partial charge in [0.1, 0.15) is 0 Å². The van der Waals surface area contributed by atoms with Gasteiger partial charge in [-0.25, -0.2) is 13.4 Å². The number of rotatable bonds is 5. The molecule has 0 amide bonds. The summed E-state index contributed by atoms with van der Waals surface area (Å²) >= 11 is 1.35. The van der Waals surface area contributed by atoms with Gasteiger partial charge < -0.3 is 5.73 Å². The number of nitrogens with two attached hydrogens (primary N) is 1. The van der Waals surface area contributed by atoms with Gasteiger partial charge in [0.25, 0.3) is 10.0 Å². The average molecular weight is 325 g/mol. The minimum atomic E-state index is -3.67. The third kappa shape index (κ3) is 3.36. The third-order valence-corrected chi connectivity index (χ3v) is 5.69. The Balaban J connectivity index is 2.40. The first-order valence-electron chi connectivity index (χ1n) is 6.75. The molecule has 0 radical (unpaired) electrons. The Morgan fingerprint density at radius 1 is 1.29 bits per heavy atom. The van der Waals surface area contributed by atoms with Gasteiger partial charge in [-0.2, -0.15) is 0 Å². The van der Waals surface area contributed by atoms with Crippen molar-refractivity contribution in [3.8, 4) is 0 Å². The van der Waals surface area contributed by atoms with Gasteiger partial charge in [-0.05, 0) is 37.5 Å². The average Bonchev–Trinajstić information content (AvgIpc) is 2.77. The van der Waals surface area contributed by atoms with Crippen molar-refractivity contribution in [2.75, 3.05) is 10.5 Å². The minimum Gasteiger partial charge on any atom is -0.399 e. The lowest BCUT2D eigenvalue weighted by Gasteiger charge is -2.10. The molecule has 2 aromatic rings. The molecule has 1 aromatic heterocycles. The fourth-order valence-electron chi connectivity index (χ4n) is 2.08. The summed E-state index contributed by atoms with van der Waals surface area (Å²) in [6, 6.07) is 4.94. The highest BCUT2D eigenvalue weighted by Crippen LogP contribution is 2.27. The molecular weight excluding hydrogens is 306 g/mol. The quantitative estimate of drug-likeness (QED) is 0.828. The number of nitrogens with zero attached hydrogens (tertiary/aromatic N) is 1. The summed E-state index contributed by atoms with van der Waals surface area (Å²) in [6.07, 6.45) is 1.40. The highest BCUT2D eigenvalue weighted by Gasteiger charge is 2.20. The Bertz CT molecular complexity index is 752. The van der Waals surface area contributed by atoms with E-state index in [4.69, 9.17) is 5.73 Å². The van der Waals surface area contributed by atoms with Gasteiger partial charge in [-0.3, -0.25) is 4.72 Å². The lowest BCUT2D eigenvalue weighted by Crippen LogP contribution is -2.15. The molecule has 5 nitrogen and oxygen atoms in total. The van der Waals surface area contributed by atoms with E-state index in [-0.39, 0.29) is 4.90 Å². The zero-order valence-electron chi connectivity index (χ0n) is 12.3. The highest BCUT2D eigenvalue weighted by molar-refractivity contribution is 7.93. The number of nitrogen functional groups attached to an aromatic ring is 1. The van der Waals surface area contributed by atoms with Gasteiger partial charge in [0.15, 0.2) is 5.13 Å². The second-order valence-electron chi connectivity index (χ2n) is 4.70. The van der Waals surface area contributed by atoms with Crippen LogP contribution in [0.15, 0.2) is 23.1 Å². The zero-order chi connectivity index (χ0) is 15.6. The van der Waals surface area contributed by atoms with Crippen LogP contribution in [0.1, 0.15) is 30.0 Å². The number of hydrogen-bond donors (Lipinski definition) is 2. The number of anilines is 2. The van der Waals surface area contributed by atoms with Crippen LogP contribution in [-0.4, -0.2) is 13.4 Å². The molecule has 7 heteroatoms. The Hall–Kier alpha value is -1.60. The predicted molar refractivity (Wildman–Crippen MR) is 87.3 cm³/mol. The minimum absolute atomic E-state index is 0.218. The smallest absolute Gasteiger partial charge is 0.264 e. The number of aromatic nitrogens is 1. The van der Waals surface area contributed by atoms with Crippen molar-refractivity contribution < 1.29 is 8.42 Å². The molecule has 114 valence electrons. The van der Waals surface area contributed by atoms with E-state index in [1.54, 1.807) is 12.1 Å². The first-order chi connectivity index (χ1) is 9.87. The Labute approximate surface area is 129 Å². The van der Waals surface area contributed by atoms with E-state index >= 15 is 0 Å². The van der Waals surface area contributed by atoms with Gasteiger partial charge in [-0.15, -0.1) is 11.3 Å². The van der Waals surface area contributed by atoms with Crippen LogP contribution in [-0.2, 0) is 22.9 Å². The Morgan fingerprint density at radius 2 is 2.00 bits per heavy atom. The summed E-state index contributed by atoms with van der Waals surface area (Å²) in [7, 11) is -3.67. The van der Waals surface area contributed by atoms with Gasteiger partial charge in [0, 0.05) is 10.6 Å². The van der Waals surface area contributed by atoms with Crippen LogP contribution in [0.4, 0.5) is 10.8 Å². The molecule has 0 unspecified atom stereocenters. The molecule has 1 heterocycles. The first kappa shape index (κ1) is 15.8. The molecule has 0 aliphatic heterocycles. The van der Waals surface area contributed by atoms with E-state index < -0.39 is 10.0 Å². The fourth-order valence-corrected chi connectivity index (χ4v) is 4.57. The van der Waals surface area contributed by atoms with Crippen LogP contribution in [0.5, 0.6) is 0 Å². The van der Waals surface area contributed by atoms with Gasteiger partial charge in [0.05, 0.1) is 10.6 Å². The van der Waals surface area contributed by atoms with Crippen molar-refractivity contribution in [1.29, 1.82) is 0 Å². The summed E-state index contributed by atoms with van der Waals surface area (Å²) in [5.41, 5.74) is 7.80. The van der Waals surface area contributed by atoms with E-state index in [9.17, 15) is 8.42 Å². The molecular formula is C14H19N3O2S2. The second kappa shape index (κ2) is 6.03. The van der Waals surface area contributed by atoms with Crippen LogP contribution >= 0.6 is 11.3 Å². The fraction of sp³-hybridized carbons (Fsp3) is 0.357. The lowest BCUT2D eigenvalue weighted by molar-refractivity contribution is 0.600. The maximum atomic E-state index is 12.5. The summed E-state index contributed by atoms with van der Waals surface area (Å²) in [5, 5.41) is 0.397. The van der Waals surface area contributed by atoms with Crippen LogP contribution in [0, 0.1) is 6.92 Å². The molecule has 2 rings (SSSR count). The molecule has 0 saturated heterocycles. The van der Waals surface area contributed by atoms with E-state index in [1.165, 1.54) is 17.4 Å². The van der Waals surface area contributed by atoms with E-state index in [1.807, 2.05) is 20.8 Å². The van der Waals surface area contributed by atoms with Gasteiger partial charge in [-0.1, -0.05) is 19.9 Å². The Kier molecular flexibility index (Phi) is 4.53. The van der Waals surface area contributed by atoms with Crippen LogP contribution in [0.2, 0.25) is 0 Å². The SMILES string of the molecule is CCc1ccc(N)cc1S(=O)(=O)Nc1nc(CC)c(C)s1. The van der Waals surface area contributed by atoms with Crippen molar-refractivity contribution in [2.24, 2.45) is 0 Å². The van der Waals surface area contributed by atoms with Crippen molar-refractivity contribution in [1.82, 2.24) is 4.98 Å². The molecule has 0 spiro atoms. The van der Waals surface area contributed by atoms with Crippen LogP contribution in [0.25, 0.3) is 0 Å². The number of nitrogens with one attached hydrogen (secondary N) is 1. The molecule has 0 aliphatic carbocycles. The monoisotopic (exact) mass is 325 g/mol. The van der Waals surface area contributed by atoms with Crippen molar-refractivity contribution in [2.45, 2.75) is 38.5 Å². The molecule has 0 saturated carbocycles. The summed E-state index contributed by atoms with van der Waals surface area (Å²) in [6.45, 7) is 5.84. The maximum Gasteiger partial charge on any atom is 0.264 e. The van der Waals surface area contributed by atoms with Crippen molar-refractivity contribution in [3.05, 3.63) is 34.3 Å². The number of hydrogen-bond acceptors (Lipinski definition) is 5. The van der Waals surface area contributed by atoms with E-state index in [0.29, 0.717) is 17.2 Å². The predicted octanol–water partition coefficient (Wildman–Crippen LogP) is 2.96. The van der Waals surface area contributed by atoms with E-state index in [2.05, 4.69) is 9.71 Å². The van der Waals surface area contributed by atoms with Crippen molar-refractivity contribution in [3.63, 3.8) is 0 Å². The number of aryl methyl sites for hydroxylation is 3. The van der Waals surface area contributed by atoms with E-state index in [0.717, 1.165) is 22.6 Å². The van der Waals surface area contributed by atoms with Gasteiger partial charge in [0.2, 0.25) is 0 Å². The number of benzene rings is 1.